The van der Waals surface area contributed by atoms with Crippen LogP contribution >= 0.6 is 0 Å². The van der Waals surface area contributed by atoms with Gasteiger partial charge in [0.25, 0.3) is 0 Å². The highest BCUT2D eigenvalue weighted by Crippen LogP contribution is 2.15. The summed E-state index contributed by atoms with van der Waals surface area (Å²) in [7, 11) is 0. The van der Waals surface area contributed by atoms with Crippen molar-refractivity contribution in [2.45, 2.75) is 297 Å². The van der Waals surface area contributed by atoms with E-state index in [1.807, 2.05) is 0 Å². The van der Waals surface area contributed by atoms with Gasteiger partial charge in [-0.3, -0.25) is 14.4 Å². The van der Waals surface area contributed by atoms with Gasteiger partial charge in [0, 0.05) is 19.3 Å². The van der Waals surface area contributed by atoms with E-state index in [1.54, 1.807) is 0 Å². The predicted molar refractivity (Wildman–Crippen MR) is 362 cm³/mol. The van der Waals surface area contributed by atoms with E-state index < -0.39 is 6.10 Å². The van der Waals surface area contributed by atoms with Gasteiger partial charge in [0.1, 0.15) is 13.2 Å². The largest absolute Gasteiger partial charge is 0.462 e. The van der Waals surface area contributed by atoms with Crippen LogP contribution in [-0.2, 0) is 28.6 Å². The molecule has 0 aromatic heterocycles. The molecule has 0 bridgehead atoms. The second-order valence-electron chi connectivity index (χ2n) is 22.0. The van der Waals surface area contributed by atoms with Crippen LogP contribution < -0.4 is 0 Å². The number of allylic oxidation sites excluding steroid dienone is 26. The summed E-state index contributed by atoms with van der Waals surface area (Å²) < 4.78 is 16.9. The van der Waals surface area contributed by atoms with E-state index >= 15 is 0 Å². The maximum Gasteiger partial charge on any atom is 0.306 e. The number of unbranched alkanes of at least 4 members (excludes halogenated alkanes) is 23. The Balaban J connectivity index is 4.46. The van der Waals surface area contributed by atoms with Crippen LogP contribution in [0.5, 0.6) is 0 Å². The fourth-order valence-electron chi connectivity index (χ4n) is 8.98. The van der Waals surface area contributed by atoms with E-state index in [1.165, 1.54) is 109 Å². The molecule has 0 aromatic rings. The third-order valence-electron chi connectivity index (χ3n) is 14.0. The molecule has 0 aliphatic heterocycles. The number of hydrogen-bond donors (Lipinski definition) is 0. The summed E-state index contributed by atoms with van der Waals surface area (Å²) in [6.07, 6.45) is 101. The standard InChI is InChI=1S/C77H124O6/c1-4-7-10-13-16-19-22-25-28-30-32-34-36-37-38-39-41-42-44-46-49-52-55-58-61-64-67-70-76(79)82-73-74(72-81-75(78)69-66-63-60-57-54-51-48-27-24-21-18-15-12-9-6-3)83-77(80)71-68-65-62-59-56-53-50-47-45-43-40-35-33-31-29-26-23-20-17-14-11-8-5-2/h7-8,10-11,16-17,19-20,25-29,32-35,37-38,43,45,48,50,53,59,62,74H,4-6,9,12-15,18,21-24,30-31,36,39-42,44,46-47,49,51-52,54-58,60-61,63-73H2,1-3H3/b10-7-,11-8-,19-16-,20-17-,28-25-,29-26-,34-32-,35-33-,38-37-,45-43-,48-27-,53-50-,62-59-. The van der Waals surface area contributed by atoms with Gasteiger partial charge in [0.05, 0.1) is 0 Å². The molecule has 0 aliphatic rings. The van der Waals surface area contributed by atoms with Crippen molar-refractivity contribution in [3.8, 4) is 0 Å². The van der Waals surface area contributed by atoms with E-state index in [9.17, 15) is 14.4 Å². The zero-order valence-electron chi connectivity index (χ0n) is 53.7. The van der Waals surface area contributed by atoms with E-state index in [2.05, 4.69) is 179 Å². The van der Waals surface area contributed by atoms with Crippen molar-refractivity contribution in [3.63, 3.8) is 0 Å². The lowest BCUT2D eigenvalue weighted by Gasteiger charge is -2.18. The van der Waals surface area contributed by atoms with Crippen molar-refractivity contribution in [2.24, 2.45) is 0 Å². The fraction of sp³-hybridized carbons (Fsp3) is 0.623. The maximum atomic E-state index is 12.9. The lowest BCUT2D eigenvalue weighted by atomic mass is 10.0. The predicted octanol–water partition coefficient (Wildman–Crippen LogP) is 23.7. The average molecular weight is 1150 g/mol. The minimum absolute atomic E-state index is 0.111. The number of ether oxygens (including phenoxy) is 3. The maximum absolute atomic E-state index is 12.9. The van der Waals surface area contributed by atoms with Crippen LogP contribution in [0.4, 0.5) is 0 Å². The quantitative estimate of drug-likeness (QED) is 0.0261. The highest BCUT2D eigenvalue weighted by atomic mass is 16.6. The molecule has 1 unspecified atom stereocenters. The van der Waals surface area contributed by atoms with Gasteiger partial charge in [-0.2, -0.15) is 0 Å². The highest BCUT2D eigenvalue weighted by molar-refractivity contribution is 5.71. The normalized spacial score (nSPS) is 13.1. The Morgan fingerprint density at radius 2 is 0.482 bits per heavy atom. The highest BCUT2D eigenvalue weighted by Gasteiger charge is 2.19. The lowest BCUT2D eigenvalue weighted by molar-refractivity contribution is -0.167. The van der Waals surface area contributed by atoms with Gasteiger partial charge in [-0.15, -0.1) is 0 Å². The third kappa shape index (κ3) is 67.7. The van der Waals surface area contributed by atoms with Gasteiger partial charge in [-0.25, -0.2) is 0 Å². The van der Waals surface area contributed by atoms with Gasteiger partial charge in [-0.05, 0) is 141 Å². The van der Waals surface area contributed by atoms with Crippen LogP contribution in [0.2, 0.25) is 0 Å². The molecule has 0 saturated carbocycles. The second kappa shape index (κ2) is 69.5. The molecule has 1 atom stereocenters. The number of carbonyl (C=O) groups excluding carboxylic acids is 3. The van der Waals surface area contributed by atoms with E-state index in [0.29, 0.717) is 19.3 Å². The molecule has 0 amide bonds. The molecule has 0 heterocycles. The Labute approximate surface area is 511 Å². The molecule has 0 spiro atoms. The lowest BCUT2D eigenvalue weighted by Crippen LogP contribution is -2.30. The van der Waals surface area contributed by atoms with Crippen LogP contribution in [0.1, 0.15) is 290 Å². The van der Waals surface area contributed by atoms with E-state index in [4.69, 9.17) is 14.2 Å². The molecule has 0 saturated heterocycles. The zero-order chi connectivity index (χ0) is 59.9. The summed E-state index contributed by atoms with van der Waals surface area (Å²) >= 11 is 0. The Hall–Kier alpha value is -4.97. The Bertz CT molecular complexity index is 1840. The van der Waals surface area contributed by atoms with Crippen molar-refractivity contribution in [3.05, 3.63) is 158 Å². The van der Waals surface area contributed by atoms with Gasteiger partial charge >= 0.3 is 17.9 Å². The summed E-state index contributed by atoms with van der Waals surface area (Å²) in [4.78, 5) is 38.4. The molecule has 0 fully saturated rings. The van der Waals surface area contributed by atoms with Crippen LogP contribution in [0.25, 0.3) is 0 Å². The molecule has 0 aliphatic carbocycles. The second-order valence-corrected chi connectivity index (χ2v) is 22.0. The van der Waals surface area contributed by atoms with Crippen molar-refractivity contribution in [2.75, 3.05) is 13.2 Å². The monoisotopic (exact) mass is 1140 g/mol. The molecular formula is C77H124O6. The Kier molecular flexibility index (Phi) is 65.4. The first kappa shape index (κ1) is 78.0. The molecule has 0 aromatic carbocycles. The van der Waals surface area contributed by atoms with Crippen LogP contribution in [0.3, 0.4) is 0 Å². The van der Waals surface area contributed by atoms with Gasteiger partial charge in [0.15, 0.2) is 6.10 Å². The summed E-state index contributed by atoms with van der Waals surface area (Å²) in [6, 6.07) is 0. The molecule has 468 valence electrons. The molecule has 0 radical (unpaired) electrons. The average Bonchev–Trinajstić information content (AvgIpc) is 3.49. The Morgan fingerprint density at radius 3 is 0.783 bits per heavy atom. The van der Waals surface area contributed by atoms with Crippen LogP contribution in [-0.4, -0.2) is 37.2 Å². The molecule has 0 rings (SSSR count). The third-order valence-corrected chi connectivity index (χ3v) is 14.0. The molecule has 6 nitrogen and oxygen atoms in total. The van der Waals surface area contributed by atoms with Gasteiger partial charge < -0.3 is 14.2 Å². The summed E-state index contributed by atoms with van der Waals surface area (Å²) in [5.74, 6) is -0.980. The topological polar surface area (TPSA) is 78.9 Å². The van der Waals surface area contributed by atoms with Crippen molar-refractivity contribution in [1.82, 2.24) is 0 Å². The number of hydrogen-bond acceptors (Lipinski definition) is 6. The first-order valence-electron chi connectivity index (χ1n) is 34.0. The van der Waals surface area contributed by atoms with Crippen molar-refractivity contribution in [1.29, 1.82) is 0 Å². The zero-order valence-corrected chi connectivity index (χ0v) is 53.7. The fourth-order valence-corrected chi connectivity index (χ4v) is 8.98. The molecule has 0 N–H and O–H groups in total. The first-order valence-corrected chi connectivity index (χ1v) is 34.0. The molecule has 6 heteroatoms. The van der Waals surface area contributed by atoms with Crippen LogP contribution in [0, 0.1) is 0 Å². The van der Waals surface area contributed by atoms with Gasteiger partial charge in [-0.1, -0.05) is 288 Å². The number of esters is 3. The summed E-state index contributed by atoms with van der Waals surface area (Å²) in [5, 5.41) is 0. The summed E-state index contributed by atoms with van der Waals surface area (Å²) in [5.41, 5.74) is 0. The van der Waals surface area contributed by atoms with Crippen molar-refractivity contribution < 1.29 is 28.6 Å². The SMILES string of the molecule is CC/C=C\C/C=C\C/C=C\C/C=C\C/C=C\C/C=C\C/C=C\CCCC(=O)OC(COC(=O)CCCCCCC/C=C\CCCCCCCC)COC(=O)CCCCCCCCCCCCC/C=C\C/C=C\C/C=C\C/C=C\C/C=C\CC. The minimum atomic E-state index is -0.822. The van der Waals surface area contributed by atoms with Crippen molar-refractivity contribution >= 4 is 17.9 Å². The Morgan fingerprint density at radius 1 is 0.253 bits per heavy atom. The molecular weight excluding hydrogens is 1020 g/mol. The van der Waals surface area contributed by atoms with E-state index in [-0.39, 0.29) is 37.5 Å². The smallest absolute Gasteiger partial charge is 0.306 e. The number of rotatable bonds is 60. The van der Waals surface area contributed by atoms with E-state index in [0.717, 1.165) is 135 Å². The molecule has 83 heavy (non-hydrogen) atoms. The number of carbonyl (C=O) groups is 3. The minimum Gasteiger partial charge on any atom is -0.462 e. The van der Waals surface area contributed by atoms with Gasteiger partial charge in [0.2, 0.25) is 0 Å². The van der Waals surface area contributed by atoms with Crippen LogP contribution in [0.15, 0.2) is 158 Å². The summed E-state index contributed by atoms with van der Waals surface area (Å²) in [6.45, 7) is 6.36. The first-order chi connectivity index (χ1) is 41.0.